The zero-order valence-electron chi connectivity index (χ0n) is 11.2. The van der Waals surface area contributed by atoms with Gasteiger partial charge in [0.25, 0.3) is 0 Å². The van der Waals surface area contributed by atoms with Crippen LogP contribution in [0.4, 0.5) is 0 Å². The summed E-state index contributed by atoms with van der Waals surface area (Å²) in [5.74, 6) is 0. The van der Waals surface area contributed by atoms with Crippen molar-refractivity contribution in [2.24, 2.45) is 0 Å². The van der Waals surface area contributed by atoms with Crippen LogP contribution in [-0.4, -0.2) is 68.9 Å². The highest BCUT2D eigenvalue weighted by Gasteiger charge is 2.08. The number of aliphatic hydroxyl groups is 4. The molecule has 0 aromatic carbocycles. The number of aromatic nitrogens is 2. The Kier molecular flexibility index (Phi) is 8.19. The largest absolute Gasteiger partial charge is 0.395 e. The van der Waals surface area contributed by atoms with Crippen LogP contribution in [-0.2, 0) is 13.1 Å². The molecule has 0 fully saturated rings. The molecule has 0 unspecified atom stereocenters. The van der Waals surface area contributed by atoms with Gasteiger partial charge in [-0.05, 0) is 0 Å². The Bertz CT molecular complexity index is 341. The molecule has 0 aliphatic carbocycles. The fourth-order valence-corrected chi connectivity index (χ4v) is 1.49. The van der Waals surface area contributed by atoms with Gasteiger partial charge in [-0.15, -0.1) is 0 Å². The Morgan fingerprint density at radius 3 is 1.55 bits per heavy atom. The van der Waals surface area contributed by atoms with Crippen molar-refractivity contribution in [3.63, 3.8) is 0 Å². The van der Waals surface area contributed by atoms with Crippen LogP contribution >= 0.6 is 0 Å². The van der Waals surface area contributed by atoms with Crippen LogP contribution in [0.5, 0.6) is 0 Å². The predicted molar refractivity (Wildman–Crippen MR) is 71.6 cm³/mol. The Labute approximate surface area is 117 Å². The number of nitrogens with zero attached hydrogens (tertiary/aromatic N) is 2. The van der Waals surface area contributed by atoms with Gasteiger partial charge in [0.15, 0.2) is 0 Å². The molecule has 0 amide bonds. The van der Waals surface area contributed by atoms with Gasteiger partial charge in [-0.2, -0.15) is 0 Å². The monoisotopic (exact) mass is 286 g/mol. The highest BCUT2D eigenvalue weighted by Crippen LogP contribution is 1.98. The molecular weight excluding hydrogens is 264 g/mol. The van der Waals surface area contributed by atoms with E-state index in [1.54, 1.807) is 12.4 Å². The normalized spacial score (nSPS) is 11.5. The van der Waals surface area contributed by atoms with E-state index in [4.69, 9.17) is 20.4 Å². The molecule has 1 rings (SSSR count). The molecule has 8 nitrogen and oxygen atoms in total. The Morgan fingerprint density at radius 2 is 1.20 bits per heavy atom. The average Bonchev–Trinajstić information content (AvgIpc) is 2.50. The summed E-state index contributed by atoms with van der Waals surface area (Å²) in [5, 5.41) is 41.7. The summed E-state index contributed by atoms with van der Waals surface area (Å²) in [4.78, 5) is 8.39. The summed E-state index contributed by atoms with van der Waals surface area (Å²) in [6.45, 7) is 0.158. The maximum absolute atomic E-state index is 8.94. The maximum atomic E-state index is 8.94. The SMILES string of the molecule is OCC(CO)NCc1cncc(CNC(CO)CO)n1. The van der Waals surface area contributed by atoms with Gasteiger partial charge >= 0.3 is 0 Å². The fourth-order valence-electron chi connectivity index (χ4n) is 1.49. The molecule has 0 spiro atoms. The molecule has 0 saturated heterocycles. The van der Waals surface area contributed by atoms with E-state index in [9.17, 15) is 0 Å². The molecule has 0 aliphatic rings. The first-order valence-electron chi connectivity index (χ1n) is 6.43. The summed E-state index contributed by atoms with van der Waals surface area (Å²) in [5.41, 5.74) is 1.36. The van der Waals surface area contributed by atoms with Gasteiger partial charge in [-0.1, -0.05) is 0 Å². The zero-order chi connectivity index (χ0) is 14.8. The second kappa shape index (κ2) is 9.70. The van der Waals surface area contributed by atoms with Crippen molar-refractivity contribution >= 4 is 0 Å². The van der Waals surface area contributed by atoms with Crippen LogP contribution in [0, 0.1) is 0 Å². The Hall–Kier alpha value is -1.16. The van der Waals surface area contributed by atoms with E-state index in [-0.39, 0.29) is 38.5 Å². The first kappa shape index (κ1) is 16.9. The fraction of sp³-hybridized carbons (Fsp3) is 0.667. The second-order valence-corrected chi connectivity index (χ2v) is 4.39. The van der Waals surface area contributed by atoms with Gasteiger partial charge in [-0.25, -0.2) is 0 Å². The van der Waals surface area contributed by atoms with E-state index < -0.39 is 0 Å². The summed E-state index contributed by atoms with van der Waals surface area (Å²) in [6.07, 6.45) is 3.19. The van der Waals surface area contributed by atoms with Crippen LogP contribution in [0.1, 0.15) is 11.4 Å². The molecule has 0 radical (unpaired) electrons. The summed E-state index contributed by atoms with van der Waals surface area (Å²) in [6, 6.07) is -0.765. The number of rotatable bonds is 10. The minimum atomic E-state index is -0.383. The van der Waals surface area contributed by atoms with Crippen molar-refractivity contribution in [2.45, 2.75) is 25.2 Å². The van der Waals surface area contributed by atoms with Gasteiger partial charge < -0.3 is 31.1 Å². The number of nitrogens with one attached hydrogen (secondary N) is 2. The lowest BCUT2D eigenvalue weighted by atomic mass is 10.3. The van der Waals surface area contributed by atoms with Gasteiger partial charge in [0, 0.05) is 25.5 Å². The molecular formula is C12H22N4O4. The van der Waals surface area contributed by atoms with Crippen molar-refractivity contribution in [1.29, 1.82) is 0 Å². The van der Waals surface area contributed by atoms with Crippen LogP contribution in [0.15, 0.2) is 12.4 Å². The van der Waals surface area contributed by atoms with Crippen molar-refractivity contribution in [3.8, 4) is 0 Å². The van der Waals surface area contributed by atoms with Crippen LogP contribution in [0.3, 0.4) is 0 Å². The first-order chi connectivity index (χ1) is 9.73. The van der Waals surface area contributed by atoms with Crippen molar-refractivity contribution in [2.75, 3.05) is 26.4 Å². The van der Waals surface area contributed by atoms with Crippen LogP contribution in [0.25, 0.3) is 0 Å². The molecule has 8 heteroatoms. The van der Waals surface area contributed by atoms with E-state index in [1.807, 2.05) is 0 Å². The third kappa shape index (κ3) is 5.87. The molecule has 1 heterocycles. The van der Waals surface area contributed by atoms with Crippen molar-refractivity contribution < 1.29 is 20.4 Å². The topological polar surface area (TPSA) is 131 Å². The Morgan fingerprint density at radius 1 is 0.800 bits per heavy atom. The lowest BCUT2D eigenvalue weighted by Crippen LogP contribution is -2.36. The number of hydrogen-bond acceptors (Lipinski definition) is 8. The molecule has 114 valence electrons. The van der Waals surface area contributed by atoms with E-state index >= 15 is 0 Å². The van der Waals surface area contributed by atoms with Crippen LogP contribution < -0.4 is 10.6 Å². The highest BCUT2D eigenvalue weighted by molar-refractivity contribution is 5.03. The summed E-state index contributed by atoms with van der Waals surface area (Å²) < 4.78 is 0. The van der Waals surface area contributed by atoms with Gasteiger partial charge in [0.1, 0.15) is 0 Å². The standard InChI is InChI=1S/C12H22N4O4/c17-5-11(6-18)14-3-9-1-13-2-10(16-9)4-15-12(7-19)8-20/h1-2,11-12,14-15,17-20H,3-8H2. The minimum Gasteiger partial charge on any atom is -0.395 e. The second-order valence-electron chi connectivity index (χ2n) is 4.39. The van der Waals surface area contributed by atoms with E-state index in [0.29, 0.717) is 24.5 Å². The van der Waals surface area contributed by atoms with Gasteiger partial charge in [0.05, 0.1) is 49.9 Å². The highest BCUT2D eigenvalue weighted by atomic mass is 16.3. The van der Waals surface area contributed by atoms with E-state index in [0.717, 1.165) is 0 Å². The average molecular weight is 286 g/mol. The number of hydrogen-bond donors (Lipinski definition) is 6. The third-order valence-corrected chi connectivity index (χ3v) is 2.76. The first-order valence-corrected chi connectivity index (χ1v) is 6.43. The van der Waals surface area contributed by atoms with Crippen LogP contribution in [0.2, 0.25) is 0 Å². The van der Waals surface area contributed by atoms with Crippen molar-refractivity contribution in [3.05, 3.63) is 23.8 Å². The van der Waals surface area contributed by atoms with Crippen molar-refractivity contribution in [1.82, 2.24) is 20.6 Å². The van der Waals surface area contributed by atoms with Gasteiger partial charge in [0.2, 0.25) is 0 Å². The molecule has 20 heavy (non-hydrogen) atoms. The molecule has 6 N–H and O–H groups in total. The molecule has 0 saturated carbocycles. The molecule has 0 atom stereocenters. The summed E-state index contributed by atoms with van der Waals surface area (Å²) >= 11 is 0. The zero-order valence-corrected chi connectivity index (χ0v) is 11.2. The van der Waals surface area contributed by atoms with E-state index in [1.165, 1.54) is 0 Å². The number of aliphatic hydroxyl groups excluding tert-OH is 4. The molecule has 1 aromatic rings. The molecule has 1 aromatic heterocycles. The smallest absolute Gasteiger partial charge is 0.0728 e. The minimum absolute atomic E-state index is 0.153. The lowest BCUT2D eigenvalue weighted by Gasteiger charge is -2.14. The van der Waals surface area contributed by atoms with Gasteiger partial charge in [-0.3, -0.25) is 9.97 Å². The Balaban J connectivity index is 2.48. The van der Waals surface area contributed by atoms with E-state index in [2.05, 4.69) is 20.6 Å². The third-order valence-electron chi connectivity index (χ3n) is 2.76. The lowest BCUT2D eigenvalue weighted by molar-refractivity contribution is 0.169. The maximum Gasteiger partial charge on any atom is 0.0728 e. The summed E-state index contributed by atoms with van der Waals surface area (Å²) in [7, 11) is 0. The predicted octanol–water partition coefficient (Wildman–Crippen LogP) is -2.64. The molecule has 0 aliphatic heterocycles. The molecule has 0 bridgehead atoms. The quantitative estimate of drug-likeness (QED) is 0.275.